The first kappa shape index (κ1) is 14.9. The lowest BCUT2D eigenvalue weighted by atomic mass is 9.85. The summed E-state index contributed by atoms with van der Waals surface area (Å²) in [6.45, 7) is 3.15. The molecule has 0 bridgehead atoms. The number of hydrogen-bond acceptors (Lipinski definition) is 3. The Kier molecular flexibility index (Phi) is 7.82. The van der Waals surface area contributed by atoms with Gasteiger partial charge >= 0.3 is 0 Å². The molecule has 0 heterocycles. The molecule has 0 saturated heterocycles. The average molecular weight is 243 g/mol. The molecule has 0 spiro atoms. The van der Waals surface area contributed by atoms with Gasteiger partial charge in [0.1, 0.15) is 0 Å². The Morgan fingerprint density at radius 3 is 2.47 bits per heavy atom. The SMILES string of the molecule is CCCCCCCCOC1CC(NC)C1OC. The van der Waals surface area contributed by atoms with Crippen LogP contribution in [0.15, 0.2) is 0 Å². The predicted molar refractivity (Wildman–Crippen MR) is 71.4 cm³/mol. The summed E-state index contributed by atoms with van der Waals surface area (Å²) in [5.41, 5.74) is 0. The van der Waals surface area contributed by atoms with Crippen LogP contribution in [0.5, 0.6) is 0 Å². The van der Waals surface area contributed by atoms with Crippen molar-refractivity contribution in [2.45, 2.75) is 70.1 Å². The Balaban J connectivity index is 1.93. The Bertz CT molecular complexity index is 187. The zero-order chi connectivity index (χ0) is 12.5. The van der Waals surface area contributed by atoms with Crippen molar-refractivity contribution in [3.05, 3.63) is 0 Å². The van der Waals surface area contributed by atoms with Crippen molar-refractivity contribution in [1.82, 2.24) is 5.32 Å². The fraction of sp³-hybridized carbons (Fsp3) is 1.00. The molecule has 0 aromatic carbocycles. The second kappa shape index (κ2) is 8.90. The summed E-state index contributed by atoms with van der Waals surface area (Å²) in [5.74, 6) is 0. The standard InChI is InChI=1S/C14H29NO2/c1-4-5-6-7-8-9-10-17-13-11-12(15-2)14(13)16-3/h12-15H,4-11H2,1-3H3. The molecule has 1 saturated carbocycles. The van der Waals surface area contributed by atoms with Crippen LogP contribution in [0.25, 0.3) is 0 Å². The molecule has 0 aromatic rings. The third-order valence-electron chi connectivity index (χ3n) is 3.72. The zero-order valence-corrected chi connectivity index (χ0v) is 11.7. The van der Waals surface area contributed by atoms with Crippen LogP contribution in [-0.2, 0) is 9.47 Å². The normalized spacial score (nSPS) is 28.1. The van der Waals surface area contributed by atoms with Gasteiger partial charge in [0.05, 0.1) is 12.2 Å². The van der Waals surface area contributed by atoms with Gasteiger partial charge < -0.3 is 14.8 Å². The predicted octanol–water partition coefficient (Wildman–Crippen LogP) is 2.74. The highest BCUT2D eigenvalue weighted by atomic mass is 16.5. The van der Waals surface area contributed by atoms with Crippen molar-refractivity contribution in [2.24, 2.45) is 0 Å². The van der Waals surface area contributed by atoms with Crippen molar-refractivity contribution in [3.8, 4) is 0 Å². The Morgan fingerprint density at radius 1 is 1.12 bits per heavy atom. The summed E-state index contributed by atoms with van der Waals surface area (Å²) >= 11 is 0. The van der Waals surface area contributed by atoms with Crippen LogP contribution in [-0.4, -0.2) is 39.0 Å². The molecule has 1 N–H and O–H groups in total. The number of likely N-dealkylation sites (N-methyl/N-ethyl adjacent to an activating group) is 1. The highest BCUT2D eigenvalue weighted by Gasteiger charge is 2.41. The van der Waals surface area contributed by atoms with E-state index in [-0.39, 0.29) is 6.10 Å². The Morgan fingerprint density at radius 2 is 1.82 bits per heavy atom. The first-order chi connectivity index (χ1) is 8.33. The lowest BCUT2D eigenvalue weighted by Gasteiger charge is -2.43. The number of unbranched alkanes of at least 4 members (excludes halogenated alkanes) is 5. The van der Waals surface area contributed by atoms with E-state index in [0.29, 0.717) is 12.1 Å². The van der Waals surface area contributed by atoms with Gasteiger partial charge in [-0.15, -0.1) is 0 Å². The molecule has 3 unspecified atom stereocenters. The second-order valence-electron chi connectivity index (χ2n) is 5.01. The number of rotatable bonds is 10. The summed E-state index contributed by atoms with van der Waals surface area (Å²) in [6, 6.07) is 0.481. The van der Waals surface area contributed by atoms with Gasteiger partial charge in [-0.05, 0) is 19.9 Å². The van der Waals surface area contributed by atoms with E-state index in [9.17, 15) is 0 Å². The van der Waals surface area contributed by atoms with Gasteiger partial charge in [-0.25, -0.2) is 0 Å². The number of hydrogen-bond donors (Lipinski definition) is 1. The maximum atomic E-state index is 5.86. The van der Waals surface area contributed by atoms with Crippen molar-refractivity contribution in [2.75, 3.05) is 20.8 Å². The van der Waals surface area contributed by atoms with E-state index in [4.69, 9.17) is 9.47 Å². The van der Waals surface area contributed by atoms with Crippen LogP contribution in [0.4, 0.5) is 0 Å². The van der Waals surface area contributed by atoms with Crippen molar-refractivity contribution >= 4 is 0 Å². The summed E-state index contributed by atoms with van der Waals surface area (Å²) < 4.78 is 11.3. The molecule has 0 amide bonds. The van der Waals surface area contributed by atoms with Crippen LogP contribution in [0.3, 0.4) is 0 Å². The monoisotopic (exact) mass is 243 g/mol. The molecule has 3 heteroatoms. The van der Waals surface area contributed by atoms with E-state index in [1.165, 1.54) is 38.5 Å². The molecular formula is C14H29NO2. The zero-order valence-electron chi connectivity index (χ0n) is 11.7. The van der Waals surface area contributed by atoms with Gasteiger partial charge in [-0.1, -0.05) is 39.0 Å². The van der Waals surface area contributed by atoms with E-state index in [2.05, 4.69) is 12.2 Å². The Hall–Kier alpha value is -0.120. The quantitative estimate of drug-likeness (QED) is 0.598. The largest absolute Gasteiger partial charge is 0.377 e. The highest BCUT2D eigenvalue weighted by Crippen LogP contribution is 2.26. The van der Waals surface area contributed by atoms with E-state index >= 15 is 0 Å². The molecule has 17 heavy (non-hydrogen) atoms. The van der Waals surface area contributed by atoms with E-state index < -0.39 is 0 Å². The first-order valence-corrected chi connectivity index (χ1v) is 7.15. The minimum atomic E-state index is 0.250. The van der Waals surface area contributed by atoms with Gasteiger partial charge in [0.25, 0.3) is 0 Å². The number of ether oxygens (including phenoxy) is 2. The first-order valence-electron chi connectivity index (χ1n) is 7.15. The topological polar surface area (TPSA) is 30.5 Å². The molecule has 1 aliphatic carbocycles. The molecule has 102 valence electrons. The van der Waals surface area contributed by atoms with Gasteiger partial charge in [-0.3, -0.25) is 0 Å². The van der Waals surface area contributed by atoms with Crippen molar-refractivity contribution in [3.63, 3.8) is 0 Å². The van der Waals surface area contributed by atoms with E-state index in [0.717, 1.165) is 13.0 Å². The molecule has 0 aliphatic heterocycles. The third kappa shape index (κ3) is 4.94. The summed E-state index contributed by atoms with van der Waals surface area (Å²) in [6.07, 6.45) is 9.58. The van der Waals surface area contributed by atoms with E-state index in [1.54, 1.807) is 7.11 Å². The van der Waals surface area contributed by atoms with Gasteiger partial charge in [-0.2, -0.15) is 0 Å². The number of nitrogens with one attached hydrogen (secondary N) is 1. The van der Waals surface area contributed by atoms with E-state index in [1.807, 2.05) is 7.05 Å². The summed E-state index contributed by atoms with van der Waals surface area (Å²) in [5, 5.41) is 3.25. The molecular weight excluding hydrogens is 214 g/mol. The van der Waals surface area contributed by atoms with Gasteiger partial charge in [0.15, 0.2) is 0 Å². The van der Waals surface area contributed by atoms with Crippen molar-refractivity contribution < 1.29 is 9.47 Å². The van der Waals surface area contributed by atoms with Crippen LogP contribution in [0, 0.1) is 0 Å². The fourth-order valence-corrected chi connectivity index (χ4v) is 2.46. The fourth-order valence-electron chi connectivity index (χ4n) is 2.46. The lowest BCUT2D eigenvalue weighted by molar-refractivity contribution is -0.132. The summed E-state index contributed by atoms with van der Waals surface area (Å²) in [7, 11) is 3.76. The molecule has 1 aliphatic rings. The smallest absolute Gasteiger partial charge is 0.0986 e. The van der Waals surface area contributed by atoms with Crippen LogP contribution in [0.1, 0.15) is 51.9 Å². The molecule has 3 nitrogen and oxygen atoms in total. The maximum Gasteiger partial charge on any atom is 0.0986 e. The number of methoxy groups -OCH3 is 1. The molecule has 1 fully saturated rings. The van der Waals surface area contributed by atoms with Crippen LogP contribution >= 0.6 is 0 Å². The molecule has 0 aromatic heterocycles. The van der Waals surface area contributed by atoms with Gasteiger partial charge in [0, 0.05) is 19.8 Å². The third-order valence-corrected chi connectivity index (χ3v) is 3.72. The lowest BCUT2D eigenvalue weighted by Crippen LogP contribution is -2.58. The average Bonchev–Trinajstić information content (AvgIpc) is 2.31. The minimum Gasteiger partial charge on any atom is -0.377 e. The molecule has 3 atom stereocenters. The second-order valence-corrected chi connectivity index (χ2v) is 5.01. The Labute approximate surface area is 106 Å². The molecule has 0 radical (unpaired) electrons. The summed E-state index contributed by atoms with van der Waals surface area (Å²) in [4.78, 5) is 0. The maximum absolute atomic E-state index is 5.86. The van der Waals surface area contributed by atoms with Crippen molar-refractivity contribution in [1.29, 1.82) is 0 Å². The van der Waals surface area contributed by atoms with Crippen LogP contribution in [0.2, 0.25) is 0 Å². The van der Waals surface area contributed by atoms with Gasteiger partial charge in [0.2, 0.25) is 0 Å². The molecule has 1 rings (SSSR count). The highest BCUT2D eigenvalue weighted by molar-refractivity contribution is 4.96. The van der Waals surface area contributed by atoms with Crippen LogP contribution < -0.4 is 5.32 Å². The minimum absolute atomic E-state index is 0.250.